The lowest BCUT2D eigenvalue weighted by molar-refractivity contribution is 0.103. The van der Waals surface area contributed by atoms with Gasteiger partial charge in [-0.2, -0.15) is 0 Å². The zero-order chi connectivity index (χ0) is 11.5. The smallest absolute Gasteiger partial charge is 0.129 e. The van der Waals surface area contributed by atoms with Crippen LogP contribution in [0.3, 0.4) is 0 Å². The van der Waals surface area contributed by atoms with Crippen LogP contribution in [0.15, 0.2) is 24.4 Å². The van der Waals surface area contributed by atoms with Crippen molar-refractivity contribution in [2.75, 3.05) is 5.73 Å². The van der Waals surface area contributed by atoms with E-state index in [1.54, 1.807) is 6.07 Å². The van der Waals surface area contributed by atoms with Gasteiger partial charge in [0.05, 0.1) is 11.1 Å². The Morgan fingerprint density at radius 1 is 1.50 bits per heavy atom. The Hall–Kier alpha value is -1.06. The van der Waals surface area contributed by atoms with E-state index in [-0.39, 0.29) is 5.92 Å². The Kier molecular flexibility index (Phi) is 3.46. The maximum atomic E-state index is 10.2. The van der Waals surface area contributed by atoms with E-state index in [0.717, 1.165) is 19.3 Å². The van der Waals surface area contributed by atoms with Crippen LogP contribution in [0.1, 0.15) is 30.9 Å². The molecule has 0 bridgehead atoms. The first-order chi connectivity index (χ1) is 7.68. The van der Waals surface area contributed by atoms with E-state index < -0.39 is 6.10 Å². The number of halogens is 1. The third-order valence-corrected chi connectivity index (χ3v) is 3.20. The van der Waals surface area contributed by atoms with Crippen molar-refractivity contribution >= 4 is 17.4 Å². The van der Waals surface area contributed by atoms with Gasteiger partial charge in [-0.15, -0.1) is 0 Å². The van der Waals surface area contributed by atoms with Crippen LogP contribution in [0, 0.1) is 5.92 Å². The van der Waals surface area contributed by atoms with E-state index in [4.69, 9.17) is 17.3 Å². The van der Waals surface area contributed by atoms with Crippen LogP contribution < -0.4 is 5.73 Å². The molecule has 3 N–H and O–H groups in total. The van der Waals surface area contributed by atoms with Crippen molar-refractivity contribution in [3.05, 3.63) is 35.0 Å². The number of aliphatic hydroxyl groups excluding tert-OH is 1. The fourth-order valence-electron chi connectivity index (χ4n) is 2.06. The lowest BCUT2D eigenvalue weighted by Gasteiger charge is -2.24. The van der Waals surface area contributed by atoms with Gasteiger partial charge in [-0.05, 0) is 31.2 Å². The summed E-state index contributed by atoms with van der Waals surface area (Å²) in [6.45, 7) is 0. The first kappa shape index (κ1) is 11.4. The van der Waals surface area contributed by atoms with Gasteiger partial charge in [-0.25, -0.2) is 4.98 Å². The van der Waals surface area contributed by atoms with Gasteiger partial charge in [0.2, 0.25) is 0 Å². The number of nitrogens with two attached hydrogens (primary N) is 1. The highest BCUT2D eigenvalue weighted by Crippen LogP contribution is 2.34. The largest absolute Gasteiger partial charge is 0.388 e. The van der Waals surface area contributed by atoms with Crippen LogP contribution in [0.2, 0.25) is 5.02 Å². The van der Waals surface area contributed by atoms with Gasteiger partial charge in [0.1, 0.15) is 5.82 Å². The molecule has 1 aliphatic rings. The zero-order valence-corrected chi connectivity index (χ0v) is 9.69. The fraction of sp³-hybridized carbons (Fsp3) is 0.417. The minimum absolute atomic E-state index is 0.215. The fourth-order valence-corrected chi connectivity index (χ4v) is 2.23. The average molecular weight is 239 g/mol. The molecule has 86 valence electrons. The highest BCUT2D eigenvalue weighted by Gasteiger charge is 2.23. The molecule has 0 amide bonds. The van der Waals surface area contributed by atoms with Crippen LogP contribution in [-0.2, 0) is 0 Å². The topological polar surface area (TPSA) is 59.1 Å². The van der Waals surface area contributed by atoms with E-state index >= 15 is 0 Å². The SMILES string of the molecule is Nc1ncc(Cl)cc1C(O)C1CC=CCC1. The molecule has 4 heteroatoms. The second-order valence-corrected chi connectivity index (χ2v) is 4.55. The zero-order valence-electron chi connectivity index (χ0n) is 8.94. The predicted octanol–water partition coefficient (Wildman–Crippen LogP) is 2.71. The van der Waals surface area contributed by atoms with E-state index in [1.807, 2.05) is 0 Å². The Morgan fingerprint density at radius 3 is 3.00 bits per heavy atom. The normalized spacial score (nSPS) is 22.0. The summed E-state index contributed by atoms with van der Waals surface area (Å²) >= 11 is 5.86. The Bertz CT molecular complexity index is 406. The number of anilines is 1. The second-order valence-electron chi connectivity index (χ2n) is 4.12. The maximum Gasteiger partial charge on any atom is 0.129 e. The third kappa shape index (κ3) is 2.36. The molecule has 0 saturated carbocycles. The number of pyridine rings is 1. The highest BCUT2D eigenvalue weighted by molar-refractivity contribution is 6.30. The number of aliphatic hydroxyl groups is 1. The van der Waals surface area contributed by atoms with Crippen LogP contribution in [0.25, 0.3) is 0 Å². The molecule has 0 saturated heterocycles. The summed E-state index contributed by atoms with van der Waals surface area (Å²) < 4.78 is 0. The molecule has 0 spiro atoms. The molecular weight excluding hydrogens is 224 g/mol. The molecule has 1 aromatic heterocycles. The second kappa shape index (κ2) is 4.85. The molecule has 0 radical (unpaired) electrons. The highest BCUT2D eigenvalue weighted by atomic mass is 35.5. The van der Waals surface area contributed by atoms with Crippen molar-refractivity contribution in [3.63, 3.8) is 0 Å². The minimum Gasteiger partial charge on any atom is -0.388 e. The van der Waals surface area contributed by atoms with Gasteiger partial charge < -0.3 is 10.8 Å². The Morgan fingerprint density at radius 2 is 2.31 bits per heavy atom. The molecule has 1 aromatic rings. The van der Waals surface area contributed by atoms with E-state index in [9.17, 15) is 5.11 Å². The molecule has 2 atom stereocenters. The van der Waals surface area contributed by atoms with Gasteiger partial charge >= 0.3 is 0 Å². The average Bonchev–Trinajstić information content (AvgIpc) is 2.32. The van der Waals surface area contributed by atoms with Crippen LogP contribution in [0.4, 0.5) is 5.82 Å². The number of allylic oxidation sites excluding steroid dienone is 2. The standard InChI is InChI=1S/C12H15ClN2O/c13-9-6-10(12(14)15-7-9)11(16)8-4-2-1-3-5-8/h1-2,6-8,11,16H,3-5H2,(H2,14,15). The van der Waals surface area contributed by atoms with Gasteiger partial charge in [-0.3, -0.25) is 0 Å². The number of hydrogen-bond donors (Lipinski definition) is 2. The molecule has 0 aliphatic heterocycles. The summed E-state index contributed by atoms with van der Waals surface area (Å²) in [5.41, 5.74) is 6.40. The first-order valence-electron chi connectivity index (χ1n) is 5.42. The van der Waals surface area contributed by atoms with Crippen LogP contribution in [0.5, 0.6) is 0 Å². The molecule has 3 nitrogen and oxygen atoms in total. The molecule has 1 heterocycles. The molecule has 16 heavy (non-hydrogen) atoms. The molecule has 2 rings (SSSR count). The van der Waals surface area contributed by atoms with Gasteiger partial charge in [0.25, 0.3) is 0 Å². The number of nitrogens with zero attached hydrogens (tertiary/aromatic N) is 1. The summed E-state index contributed by atoms with van der Waals surface area (Å²) in [5.74, 6) is 0.582. The van der Waals surface area contributed by atoms with Gasteiger partial charge in [0.15, 0.2) is 0 Å². The molecule has 2 unspecified atom stereocenters. The van der Waals surface area contributed by atoms with Gasteiger partial charge in [0, 0.05) is 11.8 Å². The number of hydrogen-bond acceptors (Lipinski definition) is 3. The van der Waals surface area contributed by atoms with Crippen molar-refractivity contribution in [2.24, 2.45) is 5.92 Å². The lowest BCUT2D eigenvalue weighted by Crippen LogP contribution is -2.16. The third-order valence-electron chi connectivity index (χ3n) is 2.99. The van der Waals surface area contributed by atoms with Gasteiger partial charge in [-0.1, -0.05) is 23.8 Å². The summed E-state index contributed by atoms with van der Waals surface area (Å²) in [4.78, 5) is 3.96. The summed E-state index contributed by atoms with van der Waals surface area (Å²) in [5, 5.41) is 10.7. The maximum absolute atomic E-state index is 10.2. The van der Waals surface area contributed by atoms with Crippen molar-refractivity contribution < 1.29 is 5.11 Å². The van der Waals surface area contributed by atoms with Crippen molar-refractivity contribution in [3.8, 4) is 0 Å². The Labute approximate surface area is 99.9 Å². The quantitative estimate of drug-likeness (QED) is 0.779. The molecular formula is C12H15ClN2O. The van der Waals surface area contributed by atoms with Crippen LogP contribution >= 0.6 is 11.6 Å². The lowest BCUT2D eigenvalue weighted by atomic mass is 9.86. The summed E-state index contributed by atoms with van der Waals surface area (Å²) in [6, 6.07) is 1.70. The van der Waals surface area contributed by atoms with E-state index in [1.165, 1.54) is 6.20 Å². The predicted molar refractivity (Wildman–Crippen MR) is 65.1 cm³/mol. The first-order valence-corrected chi connectivity index (χ1v) is 5.80. The van der Waals surface area contributed by atoms with Crippen molar-refractivity contribution in [1.29, 1.82) is 0 Å². The van der Waals surface area contributed by atoms with E-state index in [0.29, 0.717) is 16.4 Å². The summed E-state index contributed by atoms with van der Waals surface area (Å²) in [6.07, 6.45) is 8.03. The molecule has 0 fully saturated rings. The van der Waals surface area contributed by atoms with Crippen molar-refractivity contribution in [2.45, 2.75) is 25.4 Å². The molecule has 1 aliphatic carbocycles. The molecule has 0 aromatic carbocycles. The monoisotopic (exact) mass is 238 g/mol. The number of aromatic nitrogens is 1. The number of rotatable bonds is 2. The van der Waals surface area contributed by atoms with E-state index in [2.05, 4.69) is 17.1 Å². The van der Waals surface area contributed by atoms with Crippen molar-refractivity contribution in [1.82, 2.24) is 4.98 Å². The number of nitrogen functional groups attached to an aromatic ring is 1. The Balaban J connectivity index is 2.22. The summed E-state index contributed by atoms with van der Waals surface area (Å²) in [7, 11) is 0. The van der Waals surface area contributed by atoms with Crippen LogP contribution in [-0.4, -0.2) is 10.1 Å². The minimum atomic E-state index is -0.573.